The Labute approximate surface area is 119 Å². The highest BCUT2D eigenvalue weighted by atomic mass is 32.2. The van der Waals surface area contributed by atoms with Gasteiger partial charge in [-0.2, -0.15) is 11.8 Å². The number of anilines is 1. The van der Waals surface area contributed by atoms with Crippen molar-refractivity contribution in [1.82, 2.24) is 4.98 Å². The Bertz CT molecular complexity index is 437. The molecule has 0 amide bonds. The van der Waals surface area contributed by atoms with Crippen molar-refractivity contribution in [2.45, 2.75) is 38.4 Å². The summed E-state index contributed by atoms with van der Waals surface area (Å²) >= 11 is 1.82. The van der Waals surface area contributed by atoms with Crippen LogP contribution in [0.2, 0.25) is 0 Å². The number of aryl methyl sites for hydroxylation is 1. The maximum atomic E-state index is 11.2. The second-order valence-corrected chi connectivity index (χ2v) is 5.88. The van der Waals surface area contributed by atoms with E-state index < -0.39 is 5.97 Å². The van der Waals surface area contributed by atoms with Crippen LogP contribution in [0.3, 0.4) is 0 Å². The molecule has 4 nitrogen and oxygen atoms in total. The molecule has 0 atom stereocenters. The number of hydrogen-bond acceptors (Lipinski definition) is 4. The monoisotopic (exact) mass is 282 g/mol. The van der Waals surface area contributed by atoms with Crippen molar-refractivity contribution < 1.29 is 9.90 Å². The molecule has 1 aromatic heterocycles. The van der Waals surface area contributed by atoms with Gasteiger partial charge in [0.2, 0.25) is 0 Å². The average molecular weight is 282 g/mol. The van der Waals surface area contributed by atoms with Gasteiger partial charge in [-0.1, -0.05) is 13.8 Å². The van der Waals surface area contributed by atoms with Crippen molar-refractivity contribution in [2.24, 2.45) is 0 Å². The summed E-state index contributed by atoms with van der Waals surface area (Å²) in [4.78, 5) is 15.5. The van der Waals surface area contributed by atoms with E-state index in [1.54, 1.807) is 12.1 Å². The molecule has 1 heterocycles. The number of carboxylic acid groups (broad SMARTS) is 1. The summed E-state index contributed by atoms with van der Waals surface area (Å²) in [6.45, 7) is 6.89. The van der Waals surface area contributed by atoms with Gasteiger partial charge in [-0.05, 0) is 38.2 Å². The summed E-state index contributed by atoms with van der Waals surface area (Å²) in [5.41, 5.74) is 1.04. The van der Waals surface area contributed by atoms with Crippen LogP contribution in [-0.2, 0) is 0 Å². The minimum Gasteiger partial charge on any atom is -0.478 e. The van der Waals surface area contributed by atoms with Gasteiger partial charge in [0.1, 0.15) is 11.4 Å². The summed E-state index contributed by atoms with van der Waals surface area (Å²) in [7, 11) is 0. The topological polar surface area (TPSA) is 62.2 Å². The number of nitrogens with zero attached hydrogens (tertiary/aromatic N) is 1. The lowest BCUT2D eigenvalue weighted by atomic mass is 10.0. The Kier molecular flexibility index (Phi) is 5.66. The Morgan fingerprint density at radius 3 is 2.53 bits per heavy atom. The van der Waals surface area contributed by atoms with Crippen molar-refractivity contribution in [3.63, 3.8) is 0 Å². The molecule has 0 fully saturated rings. The first-order valence-electron chi connectivity index (χ1n) is 6.48. The van der Waals surface area contributed by atoms with E-state index in [0.29, 0.717) is 5.82 Å². The molecule has 0 aliphatic heterocycles. The Morgan fingerprint density at radius 1 is 1.42 bits per heavy atom. The fourth-order valence-electron chi connectivity index (χ4n) is 1.97. The first-order chi connectivity index (χ1) is 8.98. The third-order valence-corrected chi connectivity index (χ3v) is 5.15. The molecule has 0 radical (unpaired) electrons. The number of aromatic carboxylic acids is 1. The molecule has 0 aromatic carbocycles. The zero-order chi connectivity index (χ0) is 14.5. The lowest BCUT2D eigenvalue weighted by molar-refractivity contribution is 0.0697. The fraction of sp³-hybridized carbons (Fsp3) is 0.571. The highest BCUT2D eigenvalue weighted by molar-refractivity contribution is 8.00. The molecule has 5 heteroatoms. The van der Waals surface area contributed by atoms with Crippen LogP contribution in [0.25, 0.3) is 0 Å². The lowest BCUT2D eigenvalue weighted by Crippen LogP contribution is -2.32. The molecule has 1 aromatic rings. The molecule has 0 aliphatic rings. The molecule has 0 aliphatic carbocycles. The largest absolute Gasteiger partial charge is 0.478 e. The number of carbonyl (C=O) groups is 1. The number of carboxylic acids is 1. The number of rotatable bonds is 7. The quantitative estimate of drug-likeness (QED) is 0.802. The highest BCUT2D eigenvalue weighted by Gasteiger charge is 2.25. The first kappa shape index (κ1) is 15.8. The molecular weight excluding hydrogens is 260 g/mol. The summed E-state index contributed by atoms with van der Waals surface area (Å²) in [6.07, 6.45) is 4.16. The zero-order valence-corrected chi connectivity index (χ0v) is 12.8. The van der Waals surface area contributed by atoms with Gasteiger partial charge >= 0.3 is 5.97 Å². The fourth-order valence-corrected chi connectivity index (χ4v) is 2.76. The number of thioether (sulfide) groups is 1. The lowest BCUT2D eigenvalue weighted by Gasteiger charge is -2.30. The van der Waals surface area contributed by atoms with E-state index in [1.165, 1.54) is 0 Å². The minimum atomic E-state index is -0.947. The highest BCUT2D eigenvalue weighted by Crippen LogP contribution is 2.30. The van der Waals surface area contributed by atoms with Crippen LogP contribution in [-0.4, -0.2) is 33.6 Å². The summed E-state index contributed by atoms with van der Waals surface area (Å²) < 4.78 is 0.126. The maximum absolute atomic E-state index is 11.2. The van der Waals surface area contributed by atoms with Gasteiger partial charge in [0.15, 0.2) is 0 Å². The van der Waals surface area contributed by atoms with E-state index in [9.17, 15) is 9.90 Å². The maximum Gasteiger partial charge on any atom is 0.339 e. The van der Waals surface area contributed by atoms with Gasteiger partial charge in [0, 0.05) is 17.0 Å². The van der Waals surface area contributed by atoms with Crippen LogP contribution in [0.15, 0.2) is 12.1 Å². The van der Waals surface area contributed by atoms with Crippen LogP contribution >= 0.6 is 11.8 Å². The average Bonchev–Trinajstić information content (AvgIpc) is 2.40. The number of pyridine rings is 1. The van der Waals surface area contributed by atoms with E-state index in [1.807, 2.05) is 18.7 Å². The molecule has 0 saturated heterocycles. The second kappa shape index (κ2) is 6.80. The third kappa shape index (κ3) is 3.86. The van der Waals surface area contributed by atoms with Gasteiger partial charge in [0.05, 0.1) is 0 Å². The van der Waals surface area contributed by atoms with Crippen molar-refractivity contribution in [1.29, 1.82) is 0 Å². The predicted octanol–water partition coefficient (Wildman–Crippen LogP) is 3.42. The normalized spacial score (nSPS) is 11.4. The molecule has 2 N–H and O–H groups in total. The molecule has 0 saturated carbocycles. The van der Waals surface area contributed by atoms with E-state index >= 15 is 0 Å². The molecular formula is C14H22N2O2S. The SMILES string of the molecule is CCC(CC)(CNc1nc(C)ccc1C(=O)O)SC. The third-order valence-electron chi connectivity index (χ3n) is 3.56. The molecule has 1 rings (SSSR count). The van der Waals surface area contributed by atoms with Gasteiger partial charge in [-0.15, -0.1) is 0 Å². The summed E-state index contributed by atoms with van der Waals surface area (Å²) in [6, 6.07) is 3.32. The Balaban J connectivity index is 2.93. The van der Waals surface area contributed by atoms with Gasteiger partial charge in [0.25, 0.3) is 0 Å². The molecule has 0 bridgehead atoms. The molecule has 19 heavy (non-hydrogen) atoms. The van der Waals surface area contributed by atoms with Crippen LogP contribution in [0.5, 0.6) is 0 Å². The first-order valence-corrected chi connectivity index (χ1v) is 7.70. The molecule has 106 valence electrons. The summed E-state index contributed by atoms with van der Waals surface area (Å²) in [5.74, 6) is -0.481. The van der Waals surface area contributed by atoms with E-state index in [4.69, 9.17) is 0 Å². The number of aromatic nitrogens is 1. The van der Waals surface area contributed by atoms with Crippen LogP contribution < -0.4 is 5.32 Å². The van der Waals surface area contributed by atoms with Crippen molar-refractivity contribution in [3.8, 4) is 0 Å². The van der Waals surface area contributed by atoms with E-state index in [2.05, 4.69) is 30.4 Å². The standard InChI is InChI=1S/C14H22N2O2S/c1-5-14(6-2,19-4)9-15-12-11(13(17)18)8-7-10(3)16-12/h7-8H,5-6,9H2,1-4H3,(H,15,16)(H,17,18). The number of hydrogen-bond donors (Lipinski definition) is 2. The van der Waals surface area contributed by atoms with Crippen molar-refractivity contribution >= 4 is 23.5 Å². The molecule has 0 spiro atoms. The van der Waals surface area contributed by atoms with E-state index in [0.717, 1.165) is 25.1 Å². The van der Waals surface area contributed by atoms with Crippen molar-refractivity contribution in [2.75, 3.05) is 18.1 Å². The van der Waals surface area contributed by atoms with Crippen molar-refractivity contribution in [3.05, 3.63) is 23.4 Å². The predicted molar refractivity (Wildman–Crippen MR) is 81.3 cm³/mol. The Hall–Kier alpha value is -1.23. The van der Waals surface area contributed by atoms with Crippen LogP contribution in [0, 0.1) is 6.92 Å². The zero-order valence-electron chi connectivity index (χ0n) is 12.0. The second-order valence-electron chi connectivity index (χ2n) is 4.60. The van der Waals surface area contributed by atoms with Gasteiger partial charge in [-0.25, -0.2) is 9.78 Å². The smallest absolute Gasteiger partial charge is 0.339 e. The van der Waals surface area contributed by atoms with E-state index in [-0.39, 0.29) is 10.3 Å². The molecule has 0 unspecified atom stereocenters. The van der Waals surface area contributed by atoms with Crippen LogP contribution in [0.4, 0.5) is 5.82 Å². The van der Waals surface area contributed by atoms with Crippen LogP contribution in [0.1, 0.15) is 42.7 Å². The van der Waals surface area contributed by atoms with Gasteiger partial charge in [-0.3, -0.25) is 0 Å². The number of nitrogens with one attached hydrogen (secondary N) is 1. The minimum absolute atomic E-state index is 0.126. The van der Waals surface area contributed by atoms with Gasteiger partial charge < -0.3 is 10.4 Å². The Morgan fingerprint density at radius 2 is 2.05 bits per heavy atom. The summed E-state index contributed by atoms with van der Waals surface area (Å²) in [5, 5.41) is 12.4.